The lowest BCUT2D eigenvalue weighted by Crippen LogP contribution is -2.40. The van der Waals surface area contributed by atoms with Gasteiger partial charge in [0.25, 0.3) is 0 Å². The molecule has 1 aromatic carbocycles. The quantitative estimate of drug-likeness (QED) is 0.427. The van der Waals surface area contributed by atoms with Crippen molar-refractivity contribution < 1.29 is 13.2 Å². The molecule has 0 N–H and O–H groups in total. The molecule has 7 nitrogen and oxygen atoms in total. The predicted octanol–water partition coefficient (Wildman–Crippen LogP) is 4.61. The molecular weight excluding hydrogens is 444 g/mol. The topological polar surface area (TPSA) is 77.3 Å². The van der Waals surface area contributed by atoms with E-state index in [0.717, 1.165) is 35.1 Å². The van der Waals surface area contributed by atoms with E-state index in [9.17, 15) is 8.42 Å². The molecule has 0 bridgehead atoms. The molecule has 9 heteroatoms. The normalized spacial score (nSPS) is 19.3. The highest BCUT2D eigenvalue weighted by Gasteiger charge is 2.28. The minimum absolute atomic E-state index is 0.309. The van der Waals surface area contributed by atoms with Crippen LogP contribution in [0.3, 0.4) is 0 Å². The Morgan fingerprint density at radius 3 is 2.50 bits per heavy atom. The molecule has 176 valence electrons. The van der Waals surface area contributed by atoms with E-state index in [1.807, 2.05) is 12.1 Å². The van der Waals surface area contributed by atoms with Crippen molar-refractivity contribution in [1.29, 1.82) is 0 Å². The number of aromatic nitrogens is 3. The Hall–Kier alpha value is -1.42. The standard InChI is InChI=1S/C23H34N4O3S2/c1-18(2)17-31-23-25-24-22(27(23)20-9-5-3-4-6-10-20)19-8-7-11-21(16-19)32(28,29)26-12-14-30-15-13-26/h7-8,11,16,18,20H,3-6,9-10,12-15,17H2,1-2H3. The second kappa shape index (κ2) is 10.7. The van der Waals surface area contributed by atoms with Gasteiger partial charge in [0, 0.05) is 30.4 Å². The lowest BCUT2D eigenvalue weighted by atomic mass is 10.1. The van der Waals surface area contributed by atoms with Gasteiger partial charge in [-0.15, -0.1) is 10.2 Å². The minimum Gasteiger partial charge on any atom is -0.379 e. The van der Waals surface area contributed by atoms with E-state index in [-0.39, 0.29) is 0 Å². The third-order valence-corrected chi connectivity index (χ3v) is 9.36. The first-order chi connectivity index (χ1) is 15.5. The molecule has 0 radical (unpaired) electrons. The maximum Gasteiger partial charge on any atom is 0.243 e. The number of sulfonamides is 1. The maximum atomic E-state index is 13.2. The average Bonchev–Trinajstić information content (AvgIpc) is 3.04. The molecule has 0 atom stereocenters. The zero-order valence-electron chi connectivity index (χ0n) is 19.1. The molecule has 2 heterocycles. The predicted molar refractivity (Wildman–Crippen MR) is 127 cm³/mol. The van der Waals surface area contributed by atoms with E-state index in [1.54, 1.807) is 23.9 Å². The molecule has 0 spiro atoms. The first-order valence-corrected chi connectivity index (χ1v) is 14.2. The number of hydrogen-bond acceptors (Lipinski definition) is 6. The minimum atomic E-state index is -3.56. The van der Waals surface area contributed by atoms with E-state index in [0.29, 0.717) is 43.2 Å². The van der Waals surface area contributed by atoms with Crippen molar-refractivity contribution in [2.75, 3.05) is 32.1 Å². The molecule has 0 unspecified atom stereocenters. The second-order valence-electron chi connectivity index (χ2n) is 9.07. The molecule has 4 rings (SSSR count). The third kappa shape index (κ3) is 5.38. The number of rotatable bonds is 7. The van der Waals surface area contributed by atoms with E-state index in [2.05, 4.69) is 28.6 Å². The van der Waals surface area contributed by atoms with Gasteiger partial charge in [-0.3, -0.25) is 4.57 Å². The van der Waals surface area contributed by atoms with Crippen molar-refractivity contribution in [3.63, 3.8) is 0 Å². The molecule has 1 saturated heterocycles. The number of nitrogens with zero attached hydrogens (tertiary/aromatic N) is 4. The highest BCUT2D eigenvalue weighted by Crippen LogP contribution is 2.36. The Morgan fingerprint density at radius 1 is 1.09 bits per heavy atom. The van der Waals surface area contributed by atoms with E-state index >= 15 is 0 Å². The molecule has 2 aliphatic rings. The van der Waals surface area contributed by atoms with Crippen molar-refractivity contribution in [3.05, 3.63) is 24.3 Å². The van der Waals surface area contributed by atoms with Crippen LogP contribution in [0.25, 0.3) is 11.4 Å². The van der Waals surface area contributed by atoms with Gasteiger partial charge in [0.1, 0.15) is 0 Å². The van der Waals surface area contributed by atoms with Crippen LogP contribution >= 0.6 is 11.8 Å². The fraction of sp³-hybridized carbons (Fsp3) is 0.652. The van der Waals surface area contributed by atoms with E-state index < -0.39 is 10.0 Å². The van der Waals surface area contributed by atoms with Crippen molar-refractivity contribution in [2.45, 2.75) is 68.5 Å². The monoisotopic (exact) mass is 478 g/mol. The summed E-state index contributed by atoms with van der Waals surface area (Å²) in [5.41, 5.74) is 0.812. The Bertz CT molecular complexity index is 992. The zero-order chi connectivity index (χ0) is 22.6. The van der Waals surface area contributed by atoms with Gasteiger partial charge in [0.2, 0.25) is 10.0 Å². The van der Waals surface area contributed by atoms with Gasteiger partial charge in [-0.1, -0.05) is 63.4 Å². The summed E-state index contributed by atoms with van der Waals surface area (Å²) in [7, 11) is -3.56. The fourth-order valence-electron chi connectivity index (χ4n) is 4.39. The summed E-state index contributed by atoms with van der Waals surface area (Å²) < 4.78 is 35.5. The summed E-state index contributed by atoms with van der Waals surface area (Å²) >= 11 is 1.75. The summed E-state index contributed by atoms with van der Waals surface area (Å²) in [5, 5.41) is 10.1. The van der Waals surface area contributed by atoms with Crippen LogP contribution in [0.2, 0.25) is 0 Å². The van der Waals surface area contributed by atoms with Gasteiger partial charge in [-0.2, -0.15) is 4.31 Å². The van der Waals surface area contributed by atoms with Crippen LogP contribution in [-0.2, 0) is 14.8 Å². The van der Waals surface area contributed by atoms with Gasteiger partial charge in [-0.05, 0) is 30.9 Å². The van der Waals surface area contributed by atoms with E-state index in [4.69, 9.17) is 4.74 Å². The molecule has 2 fully saturated rings. The Morgan fingerprint density at radius 2 is 1.81 bits per heavy atom. The summed E-state index contributed by atoms with van der Waals surface area (Å²) in [6, 6.07) is 7.56. The zero-order valence-corrected chi connectivity index (χ0v) is 20.7. The number of ether oxygens (including phenoxy) is 1. The number of thioether (sulfide) groups is 1. The number of morpholine rings is 1. The lowest BCUT2D eigenvalue weighted by Gasteiger charge is -2.26. The first-order valence-electron chi connectivity index (χ1n) is 11.7. The van der Waals surface area contributed by atoms with Crippen molar-refractivity contribution >= 4 is 21.8 Å². The first kappa shape index (κ1) is 23.7. The third-order valence-electron chi connectivity index (χ3n) is 6.10. The van der Waals surface area contributed by atoms with Crippen LogP contribution < -0.4 is 0 Å². The number of benzene rings is 1. The van der Waals surface area contributed by atoms with Crippen molar-refractivity contribution in [1.82, 2.24) is 19.1 Å². The van der Waals surface area contributed by atoms with Gasteiger partial charge < -0.3 is 4.74 Å². The molecule has 0 amide bonds. The maximum absolute atomic E-state index is 13.2. The largest absolute Gasteiger partial charge is 0.379 e. The van der Waals surface area contributed by atoms with Gasteiger partial charge in [-0.25, -0.2) is 8.42 Å². The lowest BCUT2D eigenvalue weighted by molar-refractivity contribution is 0.0730. The van der Waals surface area contributed by atoms with E-state index in [1.165, 1.54) is 30.0 Å². The van der Waals surface area contributed by atoms with Crippen LogP contribution in [0.15, 0.2) is 34.3 Å². The molecule has 1 saturated carbocycles. The van der Waals surface area contributed by atoms with Crippen LogP contribution in [0.4, 0.5) is 0 Å². The SMILES string of the molecule is CC(C)CSc1nnc(-c2cccc(S(=O)(=O)N3CCOCC3)c2)n1C1CCCCCC1. The average molecular weight is 479 g/mol. The van der Waals surface area contributed by atoms with Crippen LogP contribution in [0.1, 0.15) is 58.4 Å². The van der Waals surface area contributed by atoms with Crippen LogP contribution in [0.5, 0.6) is 0 Å². The Kier molecular flexibility index (Phi) is 7.91. The molecular formula is C23H34N4O3S2. The molecule has 1 aliphatic heterocycles. The summed E-state index contributed by atoms with van der Waals surface area (Å²) in [5.74, 6) is 2.32. The Labute approximate surface area is 196 Å². The Balaban J connectivity index is 1.70. The molecule has 2 aromatic rings. The molecule has 32 heavy (non-hydrogen) atoms. The molecule has 1 aromatic heterocycles. The van der Waals surface area contributed by atoms with Gasteiger partial charge >= 0.3 is 0 Å². The van der Waals surface area contributed by atoms with Crippen molar-refractivity contribution in [3.8, 4) is 11.4 Å². The highest BCUT2D eigenvalue weighted by molar-refractivity contribution is 7.99. The fourth-order valence-corrected chi connectivity index (χ4v) is 6.80. The smallest absolute Gasteiger partial charge is 0.243 e. The molecule has 1 aliphatic carbocycles. The summed E-state index contributed by atoms with van der Waals surface area (Å²) in [6.45, 7) is 6.07. The second-order valence-corrected chi connectivity index (χ2v) is 12.0. The van der Waals surface area contributed by atoms with Crippen LogP contribution in [0, 0.1) is 5.92 Å². The highest BCUT2D eigenvalue weighted by atomic mass is 32.2. The van der Waals surface area contributed by atoms with Gasteiger partial charge in [0.15, 0.2) is 11.0 Å². The van der Waals surface area contributed by atoms with Gasteiger partial charge in [0.05, 0.1) is 18.1 Å². The van der Waals surface area contributed by atoms with Crippen LogP contribution in [-0.4, -0.2) is 59.5 Å². The summed E-state index contributed by atoms with van der Waals surface area (Å²) in [6.07, 6.45) is 7.20. The number of hydrogen-bond donors (Lipinski definition) is 0. The van der Waals surface area contributed by atoms with Crippen molar-refractivity contribution in [2.24, 2.45) is 5.92 Å². The summed E-state index contributed by atoms with van der Waals surface area (Å²) in [4.78, 5) is 0.309.